The number of hydrogen-bond acceptors (Lipinski definition) is 4. The van der Waals surface area contributed by atoms with Crippen LogP contribution >= 0.6 is 0 Å². The molecule has 8 heteroatoms. The molecule has 35 heavy (non-hydrogen) atoms. The van der Waals surface area contributed by atoms with E-state index in [2.05, 4.69) is 27.4 Å². The molecule has 3 heterocycles. The molecule has 1 unspecified atom stereocenters. The first-order chi connectivity index (χ1) is 16.9. The van der Waals surface area contributed by atoms with Crippen molar-refractivity contribution in [1.82, 2.24) is 24.3 Å². The van der Waals surface area contributed by atoms with Crippen molar-refractivity contribution in [2.75, 3.05) is 5.32 Å². The average Bonchev–Trinajstić information content (AvgIpc) is 3.51. The summed E-state index contributed by atoms with van der Waals surface area (Å²) in [6.45, 7) is 6.11. The lowest BCUT2D eigenvalue weighted by Gasteiger charge is -2.16. The molecule has 0 fully saturated rings. The summed E-state index contributed by atoms with van der Waals surface area (Å²) < 4.78 is 18.9. The van der Waals surface area contributed by atoms with Gasteiger partial charge in [-0.15, -0.1) is 10.2 Å². The van der Waals surface area contributed by atoms with Gasteiger partial charge in [0.2, 0.25) is 0 Å². The summed E-state index contributed by atoms with van der Waals surface area (Å²) in [5.74, 6) is -0.259. The van der Waals surface area contributed by atoms with E-state index in [1.807, 2.05) is 65.6 Å². The summed E-state index contributed by atoms with van der Waals surface area (Å²) in [5.41, 5.74) is 2.42. The highest BCUT2D eigenvalue weighted by atomic mass is 19.1. The van der Waals surface area contributed by atoms with Crippen LogP contribution in [-0.2, 0) is 0 Å². The summed E-state index contributed by atoms with van der Waals surface area (Å²) in [6.07, 6.45) is 3.56. The smallest absolute Gasteiger partial charge is 0.259 e. The molecular formula is C27H25FN6O. The van der Waals surface area contributed by atoms with E-state index in [1.54, 1.807) is 30.6 Å². The Balaban J connectivity index is 1.45. The van der Waals surface area contributed by atoms with Gasteiger partial charge in [0.25, 0.3) is 5.91 Å². The molecule has 0 aliphatic heterocycles. The quantitative estimate of drug-likeness (QED) is 0.338. The SMILES string of the molecule is CC(C)n1cnnc1-c1cccc(NC(=O)c2cc3c(ccn3C(C)c3ccccc3)cc2F)n1. The second kappa shape index (κ2) is 9.13. The number of carbonyl (C=O) groups excluding carboxylic acids is 1. The maximum absolute atomic E-state index is 14.9. The fraction of sp³-hybridized carbons (Fsp3) is 0.185. The van der Waals surface area contributed by atoms with Crippen LogP contribution in [0.5, 0.6) is 0 Å². The van der Waals surface area contributed by atoms with E-state index < -0.39 is 11.7 Å². The first-order valence-electron chi connectivity index (χ1n) is 11.5. The maximum Gasteiger partial charge on any atom is 0.259 e. The standard InChI is InChI=1S/C27H25FN6O/c1-17(2)34-16-29-32-26(34)23-10-7-11-25(30-23)31-27(35)21-15-24-20(14-22(21)28)12-13-33(24)18(3)19-8-5-4-6-9-19/h4-18H,1-3H3,(H,30,31,35). The highest BCUT2D eigenvalue weighted by Gasteiger charge is 2.18. The van der Waals surface area contributed by atoms with Crippen molar-refractivity contribution in [3.63, 3.8) is 0 Å². The number of halogens is 1. The summed E-state index contributed by atoms with van der Waals surface area (Å²) in [5, 5.41) is 11.6. The molecule has 3 aromatic heterocycles. The number of benzene rings is 2. The van der Waals surface area contributed by atoms with Crippen molar-refractivity contribution in [1.29, 1.82) is 0 Å². The molecule has 0 saturated carbocycles. The van der Waals surface area contributed by atoms with Crippen LogP contribution in [0, 0.1) is 5.82 Å². The van der Waals surface area contributed by atoms with Gasteiger partial charge in [0.05, 0.1) is 11.6 Å². The highest BCUT2D eigenvalue weighted by molar-refractivity contribution is 6.06. The van der Waals surface area contributed by atoms with E-state index in [0.29, 0.717) is 17.3 Å². The molecule has 5 rings (SSSR count). The highest BCUT2D eigenvalue weighted by Crippen LogP contribution is 2.28. The predicted octanol–water partition coefficient (Wildman–Crippen LogP) is 5.88. The molecule has 0 saturated heterocycles. The fourth-order valence-corrected chi connectivity index (χ4v) is 4.20. The number of anilines is 1. The molecule has 7 nitrogen and oxygen atoms in total. The van der Waals surface area contributed by atoms with Gasteiger partial charge in [-0.25, -0.2) is 9.37 Å². The van der Waals surface area contributed by atoms with Gasteiger partial charge in [-0.3, -0.25) is 4.79 Å². The van der Waals surface area contributed by atoms with Gasteiger partial charge in [0, 0.05) is 23.1 Å². The second-order valence-corrected chi connectivity index (χ2v) is 8.72. The van der Waals surface area contributed by atoms with Crippen molar-refractivity contribution in [3.8, 4) is 11.5 Å². The molecule has 1 atom stereocenters. The minimum Gasteiger partial charge on any atom is -0.340 e. The Hall–Kier alpha value is -4.33. The van der Waals surface area contributed by atoms with Crippen molar-refractivity contribution < 1.29 is 9.18 Å². The zero-order valence-electron chi connectivity index (χ0n) is 19.7. The van der Waals surface area contributed by atoms with E-state index in [4.69, 9.17) is 0 Å². The molecule has 0 bridgehead atoms. The first kappa shape index (κ1) is 22.5. The third kappa shape index (κ3) is 4.30. The van der Waals surface area contributed by atoms with Crippen molar-refractivity contribution >= 4 is 22.6 Å². The average molecular weight is 469 g/mol. The Morgan fingerprint density at radius 3 is 2.54 bits per heavy atom. The minimum atomic E-state index is -0.587. The number of pyridine rings is 1. The lowest BCUT2D eigenvalue weighted by Crippen LogP contribution is -2.15. The van der Waals surface area contributed by atoms with Crippen LogP contribution in [0.4, 0.5) is 10.2 Å². The number of amides is 1. The fourth-order valence-electron chi connectivity index (χ4n) is 4.20. The third-order valence-electron chi connectivity index (χ3n) is 6.10. The zero-order chi connectivity index (χ0) is 24.5. The Labute approximate surface area is 202 Å². The molecular weight excluding hydrogens is 443 g/mol. The Morgan fingerprint density at radius 2 is 1.77 bits per heavy atom. The van der Waals surface area contributed by atoms with E-state index in [9.17, 15) is 9.18 Å². The largest absolute Gasteiger partial charge is 0.340 e. The lowest BCUT2D eigenvalue weighted by molar-refractivity contribution is 0.102. The second-order valence-electron chi connectivity index (χ2n) is 8.72. The van der Waals surface area contributed by atoms with Crippen LogP contribution in [-0.4, -0.2) is 30.2 Å². The van der Waals surface area contributed by atoms with Crippen LogP contribution in [0.1, 0.15) is 48.8 Å². The van der Waals surface area contributed by atoms with Crippen LogP contribution < -0.4 is 5.32 Å². The van der Waals surface area contributed by atoms with Gasteiger partial charge in [0.1, 0.15) is 23.7 Å². The van der Waals surface area contributed by atoms with Crippen LogP contribution in [0.25, 0.3) is 22.4 Å². The monoisotopic (exact) mass is 468 g/mol. The van der Waals surface area contributed by atoms with E-state index in [0.717, 1.165) is 16.5 Å². The van der Waals surface area contributed by atoms with Crippen LogP contribution in [0.15, 0.2) is 79.3 Å². The first-order valence-corrected chi connectivity index (χ1v) is 11.5. The summed E-state index contributed by atoms with van der Waals surface area (Å²) in [7, 11) is 0. The number of hydrogen-bond donors (Lipinski definition) is 1. The topological polar surface area (TPSA) is 77.6 Å². The van der Waals surface area contributed by atoms with Gasteiger partial charge >= 0.3 is 0 Å². The molecule has 0 radical (unpaired) electrons. The Kier molecular flexibility index (Phi) is 5.86. The number of nitrogens with one attached hydrogen (secondary N) is 1. The molecule has 176 valence electrons. The zero-order valence-corrected chi connectivity index (χ0v) is 19.7. The predicted molar refractivity (Wildman–Crippen MR) is 134 cm³/mol. The number of fused-ring (bicyclic) bond motifs is 1. The molecule has 0 aliphatic rings. The number of aromatic nitrogens is 5. The van der Waals surface area contributed by atoms with E-state index in [-0.39, 0.29) is 17.6 Å². The molecule has 1 amide bonds. The van der Waals surface area contributed by atoms with Gasteiger partial charge < -0.3 is 14.5 Å². The minimum absolute atomic E-state index is 0.0201. The number of carbonyl (C=O) groups is 1. The maximum atomic E-state index is 14.9. The Bertz CT molecular complexity index is 1500. The van der Waals surface area contributed by atoms with Crippen LogP contribution in [0.3, 0.4) is 0 Å². The van der Waals surface area contributed by atoms with Crippen molar-refractivity contribution in [3.05, 3.63) is 96.2 Å². The lowest BCUT2D eigenvalue weighted by atomic mass is 10.1. The molecule has 5 aromatic rings. The van der Waals surface area contributed by atoms with Gasteiger partial charge in [-0.05, 0) is 56.7 Å². The molecule has 1 N–H and O–H groups in total. The summed E-state index contributed by atoms with van der Waals surface area (Å²) in [6, 6.07) is 20.3. The molecule has 0 spiro atoms. The number of nitrogens with zero attached hydrogens (tertiary/aromatic N) is 5. The van der Waals surface area contributed by atoms with Gasteiger partial charge in [-0.1, -0.05) is 36.4 Å². The molecule has 0 aliphatic carbocycles. The molecule has 2 aromatic carbocycles. The normalized spacial score (nSPS) is 12.3. The Morgan fingerprint density at radius 1 is 0.971 bits per heavy atom. The summed E-state index contributed by atoms with van der Waals surface area (Å²) >= 11 is 0. The van der Waals surface area contributed by atoms with Gasteiger partial charge in [-0.2, -0.15) is 0 Å². The van der Waals surface area contributed by atoms with Crippen molar-refractivity contribution in [2.24, 2.45) is 0 Å². The third-order valence-corrected chi connectivity index (χ3v) is 6.10. The number of rotatable bonds is 6. The summed E-state index contributed by atoms with van der Waals surface area (Å²) in [4.78, 5) is 17.6. The van der Waals surface area contributed by atoms with Crippen LogP contribution in [0.2, 0.25) is 0 Å². The van der Waals surface area contributed by atoms with Crippen molar-refractivity contribution in [2.45, 2.75) is 32.9 Å². The van der Waals surface area contributed by atoms with Gasteiger partial charge in [0.15, 0.2) is 5.82 Å². The van der Waals surface area contributed by atoms with E-state index in [1.165, 1.54) is 6.07 Å². The van der Waals surface area contributed by atoms with E-state index >= 15 is 0 Å².